The highest BCUT2D eigenvalue weighted by atomic mass is 35.5. The summed E-state index contributed by atoms with van der Waals surface area (Å²) in [6, 6.07) is 2.60. The average molecular weight is 230 g/mol. The van der Waals surface area contributed by atoms with Crippen molar-refractivity contribution >= 4 is 11.6 Å². The summed E-state index contributed by atoms with van der Waals surface area (Å²) in [4.78, 5) is 0. The second-order valence-corrected chi connectivity index (χ2v) is 4.52. The van der Waals surface area contributed by atoms with E-state index in [0.717, 1.165) is 12.8 Å². The molecule has 1 aromatic carbocycles. The summed E-state index contributed by atoms with van der Waals surface area (Å²) in [5.41, 5.74) is 5.51. The second kappa shape index (κ2) is 3.65. The van der Waals surface area contributed by atoms with Gasteiger partial charge in [-0.1, -0.05) is 24.4 Å². The van der Waals surface area contributed by atoms with Gasteiger partial charge >= 0.3 is 0 Å². The molecule has 4 heteroatoms. The molecular formula is C11H13ClFNO. The third-order valence-corrected chi connectivity index (χ3v) is 3.38. The van der Waals surface area contributed by atoms with Crippen LogP contribution >= 0.6 is 11.6 Å². The summed E-state index contributed by atoms with van der Waals surface area (Å²) in [6.07, 6.45) is 3.30. The van der Waals surface area contributed by atoms with Crippen molar-refractivity contribution in [3.05, 3.63) is 28.5 Å². The van der Waals surface area contributed by atoms with Gasteiger partial charge in [0.05, 0.1) is 10.6 Å². The van der Waals surface area contributed by atoms with Crippen molar-refractivity contribution in [3.63, 3.8) is 0 Å². The molecule has 0 saturated heterocycles. The van der Waals surface area contributed by atoms with Crippen molar-refractivity contribution in [1.82, 2.24) is 0 Å². The Morgan fingerprint density at radius 1 is 1.33 bits per heavy atom. The molecule has 0 spiro atoms. The van der Waals surface area contributed by atoms with Crippen LogP contribution in [0, 0.1) is 5.82 Å². The number of rotatable bonds is 1. The van der Waals surface area contributed by atoms with Gasteiger partial charge in [-0.3, -0.25) is 0 Å². The number of aromatic hydroxyl groups is 1. The van der Waals surface area contributed by atoms with E-state index in [1.54, 1.807) is 0 Å². The van der Waals surface area contributed by atoms with Crippen LogP contribution in [-0.4, -0.2) is 5.11 Å². The van der Waals surface area contributed by atoms with E-state index < -0.39 is 11.4 Å². The maximum atomic E-state index is 13.6. The molecule has 3 N–H and O–H groups in total. The summed E-state index contributed by atoms with van der Waals surface area (Å²) in [5.74, 6) is -0.678. The summed E-state index contributed by atoms with van der Waals surface area (Å²) in [5, 5.41) is 9.91. The fourth-order valence-electron chi connectivity index (χ4n) is 2.27. The molecule has 0 heterocycles. The lowest BCUT2D eigenvalue weighted by atomic mass is 9.88. The van der Waals surface area contributed by atoms with Crippen LogP contribution in [0.3, 0.4) is 0 Å². The van der Waals surface area contributed by atoms with E-state index in [1.807, 2.05) is 0 Å². The first kappa shape index (κ1) is 10.7. The van der Waals surface area contributed by atoms with Crippen molar-refractivity contribution < 1.29 is 9.50 Å². The Balaban J connectivity index is 2.55. The van der Waals surface area contributed by atoms with Gasteiger partial charge in [0.2, 0.25) is 0 Å². The van der Waals surface area contributed by atoms with Crippen LogP contribution in [0.2, 0.25) is 5.02 Å². The number of hydrogen-bond acceptors (Lipinski definition) is 2. The molecule has 0 aromatic heterocycles. The summed E-state index contributed by atoms with van der Waals surface area (Å²) in [6.45, 7) is 0. The smallest absolute Gasteiger partial charge is 0.142 e. The van der Waals surface area contributed by atoms with Gasteiger partial charge in [-0.2, -0.15) is 0 Å². The lowest BCUT2D eigenvalue weighted by molar-refractivity contribution is 0.389. The molecule has 2 rings (SSSR count). The lowest BCUT2D eigenvalue weighted by Crippen LogP contribution is -2.34. The molecule has 0 atom stereocenters. The minimum atomic E-state index is -0.751. The van der Waals surface area contributed by atoms with Crippen molar-refractivity contribution in [2.45, 2.75) is 31.2 Å². The molecule has 1 aliphatic carbocycles. The predicted octanol–water partition coefficient (Wildman–Crippen LogP) is 2.91. The molecule has 0 amide bonds. The number of hydrogen-bond donors (Lipinski definition) is 2. The molecule has 0 unspecified atom stereocenters. The van der Waals surface area contributed by atoms with E-state index >= 15 is 0 Å². The third-order valence-electron chi connectivity index (χ3n) is 3.07. The van der Waals surface area contributed by atoms with Crippen molar-refractivity contribution in [3.8, 4) is 5.75 Å². The van der Waals surface area contributed by atoms with E-state index in [1.165, 1.54) is 12.1 Å². The Hall–Kier alpha value is -0.800. The Kier molecular flexibility index (Phi) is 2.61. The highest BCUT2D eigenvalue weighted by Gasteiger charge is 2.36. The molecular weight excluding hydrogens is 217 g/mol. The topological polar surface area (TPSA) is 46.2 Å². The first-order chi connectivity index (χ1) is 7.04. The van der Waals surface area contributed by atoms with Gasteiger partial charge in [0.25, 0.3) is 0 Å². The monoisotopic (exact) mass is 229 g/mol. The first-order valence-electron chi connectivity index (χ1n) is 5.01. The Labute approximate surface area is 92.9 Å². The van der Waals surface area contributed by atoms with Gasteiger partial charge in [-0.05, 0) is 25.0 Å². The van der Waals surface area contributed by atoms with Gasteiger partial charge in [0, 0.05) is 5.54 Å². The van der Waals surface area contributed by atoms with Gasteiger partial charge < -0.3 is 10.8 Å². The van der Waals surface area contributed by atoms with E-state index in [4.69, 9.17) is 17.3 Å². The van der Waals surface area contributed by atoms with Crippen LogP contribution in [0.5, 0.6) is 5.75 Å². The molecule has 0 radical (unpaired) electrons. The summed E-state index contributed by atoms with van der Waals surface area (Å²) >= 11 is 5.75. The number of phenols is 1. The molecule has 82 valence electrons. The van der Waals surface area contributed by atoms with Gasteiger partial charge in [-0.25, -0.2) is 4.39 Å². The van der Waals surface area contributed by atoms with Crippen molar-refractivity contribution in [2.75, 3.05) is 0 Å². The van der Waals surface area contributed by atoms with E-state index in [-0.39, 0.29) is 16.3 Å². The second-order valence-electron chi connectivity index (χ2n) is 4.12. The minimum absolute atomic E-state index is 0.156. The Bertz CT molecular complexity index is 388. The quantitative estimate of drug-likeness (QED) is 0.778. The maximum absolute atomic E-state index is 13.6. The third kappa shape index (κ3) is 1.70. The largest absolute Gasteiger partial charge is 0.506 e. The average Bonchev–Trinajstić information content (AvgIpc) is 2.60. The normalized spacial score (nSPS) is 19.4. The number of nitrogens with two attached hydrogens (primary N) is 1. The SMILES string of the molecule is NC1(c2c(F)ccc(Cl)c2O)CCCC1. The summed E-state index contributed by atoms with van der Waals surface area (Å²) < 4.78 is 13.6. The van der Waals surface area contributed by atoms with Gasteiger partial charge in [0.15, 0.2) is 0 Å². The molecule has 0 aliphatic heterocycles. The van der Waals surface area contributed by atoms with E-state index in [9.17, 15) is 9.50 Å². The number of phenolic OH excluding ortho intramolecular Hbond substituents is 1. The zero-order valence-corrected chi connectivity index (χ0v) is 9.02. The number of halogens is 2. The fraction of sp³-hybridized carbons (Fsp3) is 0.455. The van der Waals surface area contributed by atoms with Gasteiger partial charge in [-0.15, -0.1) is 0 Å². The molecule has 1 fully saturated rings. The van der Waals surface area contributed by atoms with Crippen LogP contribution in [0.25, 0.3) is 0 Å². The number of benzene rings is 1. The van der Waals surface area contributed by atoms with Crippen LogP contribution in [0.1, 0.15) is 31.2 Å². The standard InChI is InChI=1S/C11H13ClFNO/c12-7-3-4-8(13)9(10(7)15)11(14)5-1-2-6-11/h3-4,15H,1-2,5-6,14H2. The predicted molar refractivity (Wildman–Crippen MR) is 57.4 cm³/mol. The molecule has 1 aliphatic rings. The fourth-order valence-corrected chi connectivity index (χ4v) is 2.43. The minimum Gasteiger partial charge on any atom is -0.506 e. The highest BCUT2D eigenvalue weighted by molar-refractivity contribution is 6.32. The lowest BCUT2D eigenvalue weighted by Gasteiger charge is -2.25. The zero-order valence-electron chi connectivity index (χ0n) is 8.26. The molecule has 1 saturated carbocycles. The van der Waals surface area contributed by atoms with Crippen LogP contribution < -0.4 is 5.73 Å². The van der Waals surface area contributed by atoms with Crippen LogP contribution in [-0.2, 0) is 5.54 Å². The Morgan fingerprint density at radius 3 is 2.53 bits per heavy atom. The van der Waals surface area contributed by atoms with Crippen molar-refractivity contribution in [2.24, 2.45) is 5.73 Å². The molecule has 2 nitrogen and oxygen atoms in total. The highest BCUT2D eigenvalue weighted by Crippen LogP contribution is 2.43. The molecule has 15 heavy (non-hydrogen) atoms. The zero-order chi connectivity index (χ0) is 11.1. The van der Waals surface area contributed by atoms with Crippen molar-refractivity contribution in [1.29, 1.82) is 0 Å². The van der Waals surface area contributed by atoms with Crippen LogP contribution in [0.4, 0.5) is 4.39 Å². The summed E-state index contributed by atoms with van der Waals surface area (Å²) in [7, 11) is 0. The Morgan fingerprint density at radius 2 is 1.93 bits per heavy atom. The maximum Gasteiger partial charge on any atom is 0.142 e. The van der Waals surface area contributed by atoms with E-state index in [0.29, 0.717) is 12.8 Å². The molecule has 1 aromatic rings. The van der Waals surface area contributed by atoms with E-state index in [2.05, 4.69) is 0 Å². The van der Waals surface area contributed by atoms with Crippen LogP contribution in [0.15, 0.2) is 12.1 Å². The van der Waals surface area contributed by atoms with Gasteiger partial charge in [0.1, 0.15) is 11.6 Å². The first-order valence-corrected chi connectivity index (χ1v) is 5.39. The molecule has 0 bridgehead atoms.